The van der Waals surface area contributed by atoms with Gasteiger partial charge < -0.3 is 9.30 Å². The van der Waals surface area contributed by atoms with Crippen LogP contribution >= 0.6 is 0 Å². The van der Waals surface area contributed by atoms with Crippen LogP contribution in [-0.4, -0.2) is 17.6 Å². The van der Waals surface area contributed by atoms with Gasteiger partial charge in [-0.2, -0.15) is 0 Å². The van der Waals surface area contributed by atoms with E-state index in [9.17, 15) is 4.79 Å². The van der Waals surface area contributed by atoms with Crippen LogP contribution in [0, 0.1) is 0 Å². The number of carbonyl (C=O) groups is 1. The Labute approximate surface area is 93.9 Å². The number of aryl methyl sites for hydroxylation is 1. The predicted molar refractivity (Wildman–Crippen MR) is 64.3 cm³/mol. The molecule has 16 heavy (non-hydrogen) atoms. The van der Waals surface area contributed by atoms with E-state index < -0.39 is 0 Å². The van der Waals surface area contributed by atoms with Gasteiger partial charge in [-0.3, -0.25) is 0 Å². The number of hydrogen-bond donors (Lipinski definition) is 0. The van der Waals surface area contributed by atoms with Crippen molar-refractivity contribution < 1.29 is 9.53 Å². The highest BCUT2D eigenvalue weighted by molar-refractivity contribution is 6.04. The fourth-order valence-electron chi connectivity index (χ4n) is 1.80. The Morgan fingerprint density at radius 2 is 2.25 bits per heavy atom. The van der Waals surface area contributed by atoms with Crippen LogP contribution in [-0.2, 0) is 11.8 Å². The molecule has 0 amide bonds. The van der Waals surface area contributed by atoms with Gasteiger partial charge in [-0.25, -0.2) is 4.79 Å². The van der Waals surface area contributed by atoms with E-state index >= 15 is 0 Å². The Kier molecular flexibility index (Phi) is 2.52. The highest BCUT2D eigenvalue weighted by Crippen LogP contribution is 2.22. The molecule has 1 aromatic carbocycles. The van der Waals surface area contributed by atoms with E-state index in [0.29, 0.717) is 5.56 Å². The van der Waals surface area contributed by atoms with E-state index in [1.807, 2.05) is 29.8 Å². The minimum atomic E-state index is -0.308. The molecule has 82 valence electrons. The zero-order chi connectivity index (χ0) is 11.7. The Morgan fingerprint density at radius 1 is 1.50 bits per heavy atom. The second-order valence-corrected chi connectivity index (χ2v) is 3.63. The molecule has 3 nitrogen and oxygen atoms in total. The van der Waals surface area contributed by atoms with E-state index in [4.69, 9.17) is 4.74 Å². The second kappa shape index (κ2) is 3.85. The summed E-state index contributed by atoms with van der Waals surface area (Å²) in [6.07, 6.45) is 3.56. The molecule has 0 bridgehead atoms. The number of ether oxygens (including phenoxy) is 1. The maximum atomic E-state index is 11.5. The molecule has 0 aliphatic heterocycles. The Hall–Kier alpha value is -2.03. The third-order valence-electron chi connectivity index (χ3n) is 2.66. The van der Waals surface area contributed by atoms with E-state index in [2.05, 4.69) is 6.58 Å². The van der Waals surface area contributed by atoms with Gasteiger partial charge in [0.25, 0.3) is 0 Å². The zero-order valence-electron chi connectivity index (χ0n) is 9.36. The summed E-state index contributed by atoms with van der Waals surface area (Å²) < 4.78 is 6.65. The Morgan fingerprint density at radius 3 is 2.88 bits per heavy atom. The first-order valence-corrected chi connectivity index (χ1v) is 4.97. The number of benzene rings is 1. The molecule has 2 rings (SSSR count). The van der Waals surface area contributed by atoms with Gasteiger partial charge in [0, 0.05) is 24.1 Å². The largest absolute Gasteiger partial charge is 0.465 e. The van der Waals surface area contributed by atoms with Gasteiger partial charge in [0.15, 0.2) is 0 Å². The van der Waals surface area contributed by atoms with Crippen LogP contribution in [0.3, 0.4) is 0 Å². The van der Waals surface area contributed by atoms with Crippen molar-refractivity contribution in [1.29, 1.82) is 0 Å². The fourth-order valence-corrected chi connectivity index (χ4v) is 1.80. The molecule has 1 heterocycles. The summed E-state index contributed by atoms with van der Waals surface area (Å²) in [4.78, 5) is 11.5. The lowest BCUT2D eigenvalue weighted by Crippen LogP contribution is -1.99. The molecule has 0 saturated carbocycles. The van der Waals surface area contributed by atoms with Crippen molar-refractivity contribution in [3.05, 3.63) is 42.1 Å². The molecule has 0 aliphatic rings. The minimum absolute atomic E-state index is 0.308. The molecule has 2 aromatic rings. The summed E-state index contributed by atoms with van der Waals surface area (Å²) in [6, 6.07) is 5.84. The van der Waals surface area contributed by atoms with Gasteiger partial charge in [0.1, 0.15) is 0 Å². The first-order valence-electron chi connectivity index (χ1n) is 4.97. The van der Waals surface area contributed by atoms with E-state index in [-0.39, 0.29) is 5.97 Å². The zero-order valence-corrected chi connectivity index (χ0v) is 9.36. The fraction of sp³-hybridized carbons (Fsp3) is 0.154. The molecule has 0 aliphatic carbocycles. The molecular weight excluding hydrogens is 202 g/mol. The van der Waals surface area contributed by atoms with Crippen molar-refractivity contribution in [1.82, 2.24) is 4.57 Å². The van der Waals surface area contributed by atoms with Crippen LogP contribution < -0.4 is 0 Å². The monoisotopic (exact) mass is 215 g/mol. The first-order chi connectivity index (χ1) is 7.67. The number of aromatic nitrogens is 1. The summed E-state index contributed by atoms with van der Waals surface area (Å²) in [5.41, 5.74) is 2.62. The van der Waals surface area contributed by atoms with Gasteiger partial charge in [0.05, 0.1) is 12.7 Å². The van der Waals surface area contributed by atoms with Gasteiger partial charge in [-0.05, 0) is 11.6 Å². The van der Waals surface area contributed by atoms with Gasteiger partial charge in [-0.1, -0.05) is 24.8 Å². The molecule has 0 spiro atoms. The quantitative estimate of drug-likeness (QED) is 0.721. The molecule has 3 heteroatoms. The molecule has 0 N–H and O–H groups in total. The average molecular weight is 215 g/mol. The molecule has 0 unspecified atom stereocenters. The summed E-state index contributed by atoms with van der Waals surface area (Å²) in [5.74, 6) is -0.308. The van der Waals surface area contributed by atoms with Crippen molar-refractivity contribution >= 4 is 22.9 Å². The third-order valence-corrected chi connectivity index (χ3v) is 2.66. The van der Waals surface area contributed by atoms with Crippen LogP contribution in [0.15, 0.2) is 31.0 Å². The smallest absolute Gasteiger partial charge is 0.340 e. The number of rotatable bonds is 2. The number of carbonyl (C=O) groups excluding carboxylic acids is 1. The maximum absolute atomic E-state index is 11.5. The van der Waals surface area contributed by atoms with Crippen molar-refractivity contribution in [3.8, 4) is 0 Å². The normalized spacial score (nSPS) is 10.4. The van der Waals surface area contributed by atoms with E-state index in [1.165, 1.54) is 7.11 Å². The van der Waals surface area contributed by atoms with Crippen molar-refractivity contribution in [2.24, 2.45) is 7.05 Å². The topological polar surface area (TPSA) is 31.2 Å². The number of nitrogens with zero attached hydrogens (tertiary/aromatic N) is 1. The predicted octanol–water partition coefficient (Wildman–Crippen LogP) is 2.61. The highest BCUT2D eigenvalue weighted by atomic mass is 16.5. The SMILES string of the molecule is C=Cc1ccc2c(C(=O)OC)cn(C)c2c1. The molecule has 0 saturated heterocycles. The summed E-state index contributed by atoms with van der Waals surface area (Å²) in [7, 11) is 3.29. The number of methoxy groups -OCH3 is 1. The highest BCUT2D eigenvalue weighted by Gasteiger charge is 2.13. The maximum Gasteiger partial charge on any atom is 0.340 e. The lowest BCUT2D eigenvalue weighted by molar-refractivity contribution is 0.0603. The van der Waals surface area contributed by atoms with Crippen molar-refractivity contribution in [3.63, 3.8) is 0 Å². The summed E-state index contributed by atoms with van der Waals surface area (Å²) >= 11 is 0. The summed E-state index contributed by atoms with van der Waals surface area (Å²) in [5, 5.41) is 0.903. The molecule has 0 atom stereocenters. The lowest BCUT2D eigenvalue weighted by atomic mass is 10.1. The number of hydrogen-bond acceptors (Lipinski definition) is 2. The van der Waals surface area contributed by atoms with Crippen LogP contribution in [0.1, 0.15) is 15.9 Å². The van der Waals surface area contributed by atoms with Crippen LogP contribution in [0.5, 0.6) is 0 Å². The standard InChI is InChI=1S/C13H13NO2/c1-4-9-5-6-10-11(13(15)16-3)8-14(2)12(10)7-9/h4-8H,1H2,2-3H3. The third kappa shape index (κ3) is 1.50. The van der Waals surface area contributed by atoms with E-state index in [1.54, 1.807) is 12.3 Å². The molecule has 1 aromatic heterocycles. The number of fused-ring (bicyclic) bond motifs is 1. The first kappa shape index (κ1) is 10.5. The lowest BCUT2D eigenvalue weighted by Gasteiger charge is -1.98. The number of esters is 1. The van der Waals surface area contributed by atoms with Crippen LogP contribution in [0.2, 0.25) is 0 Å². The molecule has 0 radical (unpaired) electrons. The van der Waals surface area contributed by atoms with E-state index in [0.717, 1.165) is 16.5 Å². The Bertz CT molecular complexity index is 567. The van der Waals surface area contributed by atoms with Crippen molar-refractivity contribution in [2.45, 2.75) is 0 Å². The second-order valence-electron chi connectivity index (χ2n) is 3.63. The van der Waals surface area contributed by atoms with Crippen molar-refractivity contribution in [2.75, 3.05) is 7.11 Å². The van der Waals surface area contributed by atoms with Gasteiger partial charge in [-0.15, -0.1) is 0 Å². The van der Waals surface area contributed by atoms with Crippen LogP contribution in [0.4, 0.5) is 0 Å². The van der Waals surface area contributed by atoms with Gasteiger partial charge >= 0.3 is 5.97 Å². The molecular formula is C13H13NO2. The minimum Gasteiger partial charge on any atom is -0.465 e. The Balaban J connectivity index is 2.71. The van der Waals surface area contributed by atoms with Crippen LogP contribution in [0.25, 0.3) is 17.0 Å². The summed E-state index contributed by atoms with van der Waals surface area (Å²) in [6.45, 7) is 3.72. The molecule has 0 fully saturated rings. The average Bonchev–Trinajstić information content (AvgIpc) is 2.65. The van der Waals surface area contributed by atoms with Gasteiger partial charge in [0.2, 0.25) is 0 Å².